The number of aromatic carboxylic acids is 1. The Balaban J connectivity index is 2.04. The smallest absolute Gasteiger partial charge is 0.363 e. The number of hydrogen-bond acceptors (Lipinski definition) is 5. The van der Waals surface area contributed by atoms with E-state index in [9.17, 15) is 14.9 Å². The Bertz CT molecular complexity index is 482. The molecule has 0 saturated carbocycles. The number of likely N-dealkylation sites (tertiary alicyclic amines) is 1. The molecule has 1 aliphatic heterocycles. The third-order valence-electron chi connectivity index (χ3n) is 3.75. The first-order valence-electron chi connectivity index (χ1n) is 6.64. The second-order valence-electron chi connectivity index (χ2n) is 5.11. The predicted octanol–water partition coefficient (Wildman–Crippen LogP) is 1.36. The van der Waals surface area contributed by atoms with Crippen molar-refractivity contribution in [2.24, 2.45) is 0 Å². The molecule has 20 heavy (non-hydrogen) atoms. The van der Waals surface area contributed by atoms with Gasteiger partial charge in [-0.3, -0.25) is 14.8 Å². The van der Waals surface area contributed by atoms with Gasteiger partial charge in [-0.25, -0.2) is 4.79 Å². The molecule has 1 fully saturated rings. The molecule has 1 saturated heterocycles. The number of hydrogen-bond donors (Lipinski definition) is 1. The Labute approximate surface area is 116 Å². The highest BCUT2D eigenvalue weighted by Crippen LogP contribution is 2.20. The van der Waals surface area contributed by atoms with E-state index in [2.05, 4.69) is 17.0 Å². The monoisotopic (exact) mass is 282 g/mol. The zero-order valence-corrected chi connectivity index (χ0v) is 11.4. The molecule has 1 aromatic heterocycles. The summed E-state index contributed by atoms with van der Waals surface area (Å²) in [5, 5.41) is 23.5. The van der Waals surface area contributed by atoms with E-state index in [-0.39, 0.29) is 0 Å². The number of aromatic nitrogens is 2. The topological polar surface area (TPSA) is 102 Å². The molecule has 1 atom stereocenters. The van der Waals surface area contributed by atoms with Crippen LogP contribution in [0.4, 0.5) is 5.69 Å². The van der Waals surface area contributed by atoms with Crippen LogP contribution in [0.15, 0.2) is 6.20 Å². The van der Waals surface area contributed by atoms with Gasteiger partial charge in [-0.1, -0.05) is 6.42 Å². The summed E-state index contributed by atoms with van der Waals surface area (Å²) in [5.74, 6) is -1.37. The lowest BCUT2D eigenvalue weighted by atomic mass is 10.0. The van der Waals surface area contributed by atoms with Crippen LogP contribution in [0, 0.1) is 10.1 Å². The van der Waals surface area contributed by atoms with Crippen LogP contribution in [0.25, 0.3) is 0 Å². The van der Waals surface area contributed by atoms with E-state index < -0.39 is 22.3 Å². The highest BCUT2D eigenvalue weighted by Gasteiger charge is 2.26. The average Bonchev–Trinajstić information content (AvgIpc) is 2.82. The molecule has 0 amide bonds. The number of carboxylic acid groups (broad SMARTS) is 1. The third-order valence-corrected chi connectivity index (χ3v) is 3.75. The Morgan fingerprint density at radius 3 is 2.90 bits per heavy atom. The summed E-state index contributed by atoms with van der Waals surface area (Å²) in [6.45, 7) is 1.55. The van der Waals surface area contributed by atoms with Crippen LogP contribution in [-0.2, 0) is 6.54 Å². The van der Waals surface area contributed by atoms with Crippen molar-refractivity contribution in [3.05, 3.63) is 22.0 Å². The maximum absolute atomic E-state index is 10.9. The van der Waals surface area contributed by atoms with Crippen LogP contribution in [0.2, 0.25) is 0 Å². The van der Waals surface area contributed by atoms with Crippen LogP contribution in [0.5, 0.6) is 0 Å². The van der Waals surface area contributed by atoms with Crippen LogP contribution >= 0.6 is 0 Å². The van der Waals surface area contributed by atoms with Gasteiger partial charge >= 0.3 is 11.7 Å². The highest BCUT2D eigenvalue weighted by atomic mass is 16.6. The third kappa shape index (κ3) is 3.13. The van der Waals surface area contributed by atoms with Crippen molar-refractivity contribution in [2.45, 2.75) is 38.3 Å². The molecular formula is C12H18N4O4. The van der Waals surface area contributed by atoms with Crippen molar-refractivity contribution < 1.29 is 14.8 Å². The first kappa shape index (κ1) is 14.4. The maximum Gasteiger partial charge on any atom is 0.363 e. The summed E-state index contributed by atoms with van der Waals surface area (Å²) in [6.07, 6.45) is 5.50. The molecular weight excluding hydrogens is 264 g/mol. The lowest BCUT2D eigenvalue weighted by molar-refractivity contribution is -0.385. The standard InChI is InChI=1S/C12H18N4O4/c1-14-6-3-2-4-9(14)5-7-15-8-10(16(19)20)11(13-15)12(17)18/h8-9H,2-7H2,1H3,(H,17,18). The van der Waals surface area contributed by atoms with Gasteiger partial charge in [0, 0.05) is 12.6 Å². The fraction of sp³-hybridized carbons (Fsp3) is 0.667. The molecule has 0 aromatic carbocycles. The van der Waals surface area contributed by atoms with E-state index in [4.69, 9.17) is 5.11 Å². The van der Waals surface area contributed by atoms with E-state index in [1.54, 1.807) is 0 Å². The largest absolute Gasteiger partial charge is 0.476 e. The van der Waals surface area contributed by atoms with Crippen LogP contribution < -0.4 is 0 Å². The van der Waals surface area contributed by atoms with Gasteiger partial charge < -0.3 is 10.0 Å². The van der Waals surface area contributed by atoms with Crippen molar-refractivity contribution in [1.29, 1.82) is 0 Å². The number of carboxylic acids is 1. The number of nitrogens with zero attached hydrogens (tertiary/aromatic N) is 4. The second-order valence-corrected chi connectivity index (χ2v) is 5.11. The lowest BCUT2D eigenvalue weighted by Crippen LogP contribution is -2.36. The summed E-state index contributed by atoms with van der Waals surface area (Å²) >= 11 is 0. The molecule has 8 nitrogen and oxygen atoms in total. The zero-order valence-electron chi connectivity index (χ0n) is 11.4. The first-order chi connectivity index (χ1) is 9.49. The van der Waals surface area contributed by atoms with E-state index in [0.29, 0.717) is 12.6 Å². The fourth-order valence-corrected chi connectivity index (χ4v) is 2.60. The van der Waals surface area contributed by atoms with Gasteiger partial charge in [-0.15, -0.1) is 0 Å². The molecule has 1 unspecified atom stereocenters. The fourth-order valence-electron chi connectivity index (χ4n) is 2.60. The molecule has 0 spiro atoms. The van der Waals surface area contributed by atoms with Gasteiger partial charge in [-0.2, -0.15) is 5.10 Å². The van der Waals surface area contributed by atoms with Crippen molar-refractivity contribution in [3.63, 3.8) is 0 Å². The van der Waals surface area contributed by atoms with Gasteiger partial charge in [0.1, 0.15) is 6.20 Å². The SMILES string of the molecule is CN1CCCCC1CCn1cc([N+](=O)[O-])c(C(=O)O)n1. The number of piperidine rings is 1. The van der Waals surface area contributed by atoms with Gasteiger partial charge in [0.15, 0.2) is 0 Å². The second kappa shape index (κ2) is 6.00. The quantitative estimate of drug-likeness (QED) is 0.646. The lowest BCUT2D eigenvalue weighted by Gasteiger charge is -2.32. The Kier molecular flexibility index (Phi) is 4.33. The minimum absolute atomic E-state index is 0.431. The number of rotatable bonds is 5. The van der Waals surface area contributed by atoms with Crippen LogP contribution in [0.3, 0.4) is 0 Å². The number of nitro groups is 1. The molecule has 2 rings (SSSR count). The van der Waals surface area contributed by atoms with Crippen LogP contribution in [0.1, 0.15) is 36.2 Å². The summed E-state index contributed by atoms with van der Waals surface area (Å²) < 4.78 is 1.37. The molecule has 0 radical (unpaired) electrons. The van der Waals surface area contributed by atoms with Gasteiger partial charge in [-0.05, 0) is 32.9 Å². The number of carbonyl (C=O) groups is 1. The predicted molar refractivity (Wildman–Crippen MR) is 70.7 cm³/mol. The van der Waals surface area contributed by atoms with Crippen LogP contribution in [-0.4, -0.2) is 50.3 Å². The van der Waals surface area contributed by atoms with E-state index >= 15 is 0 Å². The first-order valence-corrected chi connectivity index (χ1v) is 6.64. The summed E-state index contributed by atoms with van der Waals surface area (Å²) in [4.78, 5) is 23.3. The molecule has 110 valence electrons. The Morgan fingerprint density at radius 1 is 1.60 bits per heavy atom. The molecule has 2 heterocycles. The molecule has 1 aromatic rings. The van der Waals surface area contributed by atoms with E-state index in [1.807, 2.05) is 0 Å². The van der Waals surface area contributed by atoms with Gasteiger partial charge in [0.2, 0.25) is 5.69 Å². The minimum atomic E-state index is -1.37. The maximum atomic E-state index is 10.9. The highest BCUT2D eigenvalue weighted by molar-refractivity contribution is 5.89. The summed E-state index contributed by atoms with van der Waals surface area (Å²) in [7, 11) is 2.07. The summed E-state index contributed by atoms with van der Waals surface area (Å²) in [5.41, 5.74) is -0.943. The van der Waals surface area contributed by atoms with Crippen molar-refractivity contribution in [2.75, 3.05) is 13.6 Å². The molecule has 1 N–H and O–H groups in total. The Hall–Kier alpha value is -1.96. The minimum Gasteiger partial charge on any atom is -0.476 e. The van der Waals surface area contributed by atoms with Crippen molar-refractivity contribution in [1.82, 2.24) is 14.7 Å². The average molecular weight is 282 g/mol. The normalized spacial score (nSPS) is 19.9. The van der Waals surface area contributed by atoms with Gasteiger partial charge in [0.05, 0.1) is 4.92 Å². The van der Waals surface area contributed by atoms with Crippen molar-refractivity contribution >= 4 is 11.7 Å². The number of aryl methyl sites for hydroxylation is 1. The van der Waals surface area contributed by atoms with E-state index in [0.717, 1.165) is 19.4 Å². The Morgan fingerprint density at radius 2 is 2.35 bits per heavy atom. The molecule has 0 bridgehead atoms. The van der Waals surface area contributed by atoms with Crippen molar-refractivity contribution in [3.8, 4) is 0 Å². The van der Waals surface area contributed by atoms with Gasteiger partial charge in [0.25, 0.3) is 0 Å². The van der Waals surface area contributed by atoms with E-state index in [1.165, 1.54) is 23.7 Å². The molecule has 0 aliphatic carbocycles. The summed E-state index contributed by atoms with van der Waals surface area (Å²) in [6, 6.07) is 0.431. The molecule has 1 aliphatic rings. The molecule has 8 heteroatoms. The zero-order chi connectivity index (χ0) is 14.7.